The van der Waals surface area contributed by atoms with Crippen molar-refractivity contribution in [1.82, 2.24) is 9.97 Å². The van der Waals surface area contributed by atoms with Crippen LogP contribution in [0.15, 0.2) is 30.6 Å². The molecule has 0 aliphatic rings. The molecule has 0 radical (unpaired) electrons. The summed E-state index contributed by atoms with van der Waals surface area (Å²) in [5.41, 5.74) is 6.82. The Kier molecular flexibility index (Phi) is 3.72. The second-order valence-electron chi connectivity index (χ2n) is 3.87. The fraction of sp³-hybridized carbons (Fsp3) is 0.231. The Bertz CT molecular complexity index is 528. The lowest BCUT2D eigenvalue weighted by Gasteiger charge is -2.05. The molecule has 1 aromatic heterocycles. The van der Waals surface area contributed by atoms with Gasteiger partial charge in [0.15, 0.2) is 11.6 Å². The topological polar surface area (TPSA) is 61.0 Å². The predicted octanol–water partition coefficient (Wildman–Crippen LogP) is 1.99. The molecule has 0 aliphatic carbocycles. The summed E-state index contributed by atoms with van der Waals surface area (Å²) < 4.78 is 18.6. The summed E-state index contributed by atoms with van der Waals surface area (Å²) in [4.78, 5) is 7.49. The molecule has 0 amide bonds. The standard InChI is InChI=1S/C13H14FN3O/c1-18-10-5-2-9(3-6-10)4-7-11-12(14)13(15)17-8-16-11/h2-3,5-6,8H,4,7H2,1H3,(H2,15,16,17). The summed E-state index contributed by atoms with van der Waals surface area (Å²) in [5, 5.41) is 0. The van der Waals surface area contributed by atoms with Crippen LogP contribution in [-0.2, 0) is 12.8 Å². The maximum atomic E-state index is 13.6. The summed E-state index contributed by atoms with van der Waals surface area (Å²) >= 11 is 0. The summed E-state index contributed by atoms with van der Waals surface area (Å²) in [5.74, 6) is 0.178. The molecule has 0 bridgehead atoms. The van der Waals surface area contributed by atoms with Crippen LogP contribution in [0.25, 0.3) is 0 Å². The molecule has 2 N–H and O–H groups in total. The van der Waals surface area contributed by atoms with E-state index in [4.69, 9.17) is 10.5 Å². The normalized spacial score (nSPS) is 10.3. The van der Waals surface area contributed by atoms with Gasteiger partial charge in [0.2, 0.25) is 0 Å². The van der Waals surface area contributed by atoms with E-state index in [0.29, 0.717) is 18.5 Å². The molecular formula is C13H14FN3O. The Hall–Kier alpha value is -2.17. The van der Waals surface area contributed by atoms with Crippen LogP contribution in [0, 0.1) is 5.82 Å². The van der Waals surface area contributed by atoms with Crippen molar-refractivity contribution >= 4 is 5.82 Å². The van der Waals surface area contributed by atoms with Crippen molar-refractivity contribution in [2.24, 2.45) is 0 Å². The zero-order valence-corrected chi connectivity index (χ0v) is 10.1. The van der Waals surface area contributed by atoms with E-state index in [1.165, 1.54) is 6.33 Å². The molecule has 1 aromatic carbocycles. The quantitative estimate of drug-likeness (QED) is 0.897. The lowest BCUT2D eigenvalue weighted by molar-refractivity contribution is 0.414. The van der Waals surface area contributed by atoms with Crippen LogP contribution in [0.2, 0.25) is 0 Å². The third kappa shape index (κ3) is 2.74. The van der Waals surface area contributed by atoms with E-state index in [1.54, 1.807) is 7.11 Å². The minimum atomic E-state index is -0.522. The minimum absolute atomic E-state index is 0.102. The fourth-order valence-corrected chi connectivity index (χ4v) is 1.65. The van der Waals surface area contributed by atoms with Gasteiger partial charge in [0.05, 0.1) is 12.8 Å². The number of aryl methyl sites for hydroxylation is 2. The number of ether oxygens (including phenoxy) is 1. The first-order valence-electron chi connectivity index (χ1n) is 5.58. The number of rotatable bonds is 4. The van der Waals surface area contributed by atoms with E-state index < -0.39 is 5.82 Å². The molecule has 0 atom stereocenters. The molecule has 5 heteroatoms. The molecule has 4 nitrogen and oxygen atoms in total. The largest absolute Gasteiger partial charge is 0.497 e. The molecule has 1 heterocycles. The van der Waals surface area contributed by atoms with Crippen molar-refractivity contribution in [1.29, 1.82) is 0 Å². The molecule has 2 aromatic rings. The molecule has 2 rings (SSSR count). The van der Waals surface area contributed by atoms with Crippen LogP contribution in [0.5, 0.6) is 5.75 Å². The van der Waals surface area contributed by atoms with Gasteiger partial charge in [-0.05, 0) is 30.5 Å². The minimum Gasteiger partial charge on any atom is -0.497 e. The van der Waals surface area contributed by atoms with E-state index in [9.17, 15) is 4.39 Å². The van der Waals surface area contributed by atoms with Gasteiger partial charge < -0.3 is 10.5 Å². The van der Waals surface area contributed by atoms with Crippen LogP contribution in [0.1, 0.15) is 11.3 Å². The molecule has 0 spiro atoms. The van der Waals surface area contributed by atoms with Gasteiger partial charge in [-0.25, -0.2) is 14.4 Å². The van der Waals surface area contributed by atoms with Crippen molar-refractivity contribution in [3.63, 3.8) is 0 Å². The Morgan fingerprint density at radius 2 is 1.89 bits per heavy atom. The highest BCUT2D eigenvalue weighted by molar-refractivity contribution is 5.32. The van der Waals surface area contributed by atoms with E-state index in [2.05, 4.69) is 9.97 Å². The Morgan fingerprint density at radius 3 is 2.56 bits per heavy atom. The molecule has 94 valence electrons. The average Bonchev–Trinajstić information content (AvgIpc) is 2.41. The Balaban J connectivity index is 2.04. The molecule has 0 saturated carbocycles. The van der Waals surface area contributed by atoms with Crippen molar-refractivity contribution in [2.45, 2.75) is 12.8 Å². The number of nitrogens with two attached hydrogens (primary N) is 1. The van der Waals surface area contributed by atoms with Gasteiger partial charge in [-0.1, -0.05) is 12.1 Å². The highest BCUT2D eigenvalue weighted by atomic mass is 19.1. The maximum Gasteiger partial charge on any atom is 0.186 e. The highest BCUT2D eigenvalue weighted by Crippen LogP contribution is 2.15. The number of nitrogen functional groups attached to an aromatic ring is 1. The van der Waals surface area contributed by atoms with Gasteiger partial charge >= 0.3 is 0 Å². The number of anilines is 1. The fourth-order valence-electron chi connectivity index (χ4n) is 1.65. The first kappa shape index (κ1) is 12.3. The van der Waals surface area contributed by atoms with Crippen molar-refractivity contribution in [3.8, 4) is 5.75 Å². The lowest BCUT2D eigenvalue weighted by atomic mass is 10.1. The molecule has 0 aliphatic heterocycles. The number of methoxy groups -OCH3 is 1. The third-order valence-electron chi connectivity index (χ3n) is 2.70. The van der Waals surface area contributed by atoms with E-state index in [0.717, 1.165) is 11.3 Å². The molecule has 0 fully saturated rings. The van der Waals surface area contributed by atoms with E-state index in [-0.39, 0.29) is 5.82 Å². The smallest absolute Gasteiger partial charge is 0.186 e. The van der Waals surface area contributed by atoms with E-state index >= 15 is 0 Å². The number of hydrogen-bond donors (Lipinski definition) is 1. The summed E-state index contributed by atoms with van der Waals surface area (Å²) in [6, 6.07) is 7.64. The van der Waals surface area contributed by atoms with Gasteiger partial charge in [-0.15, -0.1) is 0 Å². The zero-order chi connectivity index (χ0) is 13.0. The summed E-state index contributed by atoms with van der Waals surface area (Å²) in [6.45, 7) is 0. The maximum absolute atomic E-state index is 13.6. The number of nitrogens with zero attached hydrogens (tertiary/aromatic N) is 2. The lowest BCUT2D eigenvalue weighted by Crippen LogP contribution is -2.04. The number of halogens is 1. The summed E-state index contributed by atoms with van der Waals surface area (Å²) in [7, 11) is 1.62. The SMILES string of the molecule is COc1ccc(CCc2ncnc(N)c2F)cc1. The van der Waals surface area contributed by atoms with Gasteiger partial charge in [0, 0.05) is 0 Å². The van der Waals surface area contributed by atoms with Gasteiger partial charge in [-0.3, -0.25) is 0 Å². The Labute approximate surface area is 105 Å². The monoisotopic (exact) mass is 247 g/mol. The van der Waals surface area contributed by atoms with Gasteiger partial charge in [0.25, 0.3) is 0 Å². The van der Waals surface area contributed by atoms with E-state index in [1.807, 2.05) is 24.3 Å². The molecular weight excluding hydrogens is 233 g/mol. The Morgan fingerprint density at radius 1 is 1.17 bits per heavy atom. The zero-order valence-electron chi connectivity index (χ0n) is 10.1. The molecule has 18 heavy (non-hydrogen) atoms. The van der Waals surface area contributed by atoms with Crippen molar-refractivity contribution in [2.75, 3.05) is 12.8 Å². The van der Waals surface area contributed by atoms with Crippen LogP contribution in [0.3, 0.4) is 0 Å². The highest BCUT2D eigenvalue weighted by Gasteiger charge is 2.08. The summed E-state index contributed by atoms with van der Waals surface area (Å²) in [6.07, 6.45) is 2.46. The predicted molar refractivity (Wildman–Crippen MR) is 66.8 cm³/mol. The number of aromatic nitrogens is 2. The second-order valence-corrected chi connectivity index (χ2v) is 3.87. The third-order valence-corrected chi connectivity index (χ3v) is 2.70. The van der Waals surface area contributed by atoms with Gasteiger partial charge in [-0.2, -0.15) is 0 Å². The number of hydrogen-bond acceptors (Lipinski definition) is 4. The first-order chi connectivity index (χ1) is 8.70. The van der Waals surface area contributed by atoms with Crippen LogP contribution >= 0.6 is 0 Å². The van der Waals surface area contributed by atoms with Crippen molar-refractivity contribution < 1.29 is 9.13 Å². The number of benzene rings is 1. The van der Waals surface area contributed by atoms with Gasteiger partial charge in [0.1, 0.15) is 12.1 Å². The first-order valence-corrected chi connectivity index (χ1v) is 5.58. The molecule has 0 unspecified atom stereocenters. The molecule has 0 saturated heterocycles. The second kappa shape index (κ2) is 5.44. The van der Waals surface area contributed by atoms with Crippen molar-refractivity contribution in [3.05, 3.63) is 47.7 Å². The van der Waals surface area contributed by atoms with Crippen LogP contribution in [-0.4, -0.2) is 17.1 Å². The van der Waals surface area contributed by atoms with Crippen LogP contribution in [0.4, 0.5) is 10.2 Å². The average molecular weight is 247 g/mol. The van der Waals surface area contributed by atoms with Crippen LogP contribution < -0.4 is 10.5 Å².